The van der Waals surface area contributed by atoms with Crippen LogP contribution in [0, 0.1) is 25.7 Å². The molecule has 2 N–H and O–H groups in total. The quantitative estimate of drug-likeness (QED) is 0.833. The molecule has 0 bridgehead atoms. The lowest BCUT2D eigenvalue weighted by molar-refractivity contribution is -0.144. The number of halogens is 2. The van der Waals surface area contributed by atoms with Crippen molar-refractivity contribution in [1.82, 2.24) is 19.7 Å². The van der Waals surface area contributed by atoms with Crippen molar-refractivity contribution in [3.8, 4) is 0 Å². The van der Waals surface area contributed by atoms with E-state index in [1.165, 1.54) is 0 Å². The van der Waals surface area contributed by atoms with Gasteiger partial charge in [0.25, 0.3) is 0 Å². The molecule has 1 aliphatic heterocycles. The zero-order valence-corrected chi connectivity index (χ0v) is 16.5. The highest BCUT2D eigenvalue weighted by atomic mass is 35.5. The summed E-state index contributed by atoms with van der Waals surface area (Å²) in [6, 6.07) is 0. The van der Waals surface area contributed by atoms with Gasteiger partial charge in [-0.3, -0.25) is 4.79 Å². The van der Waals surface area contributed by atoms with Crippen LogP contribution in [0.3, 0.4) is 0 Å². The molecule has 9 heteroatoms. The van der Waals surface area contributed by atoms with Crippen molar-refractivity contribution in [2.45, 2.75) is 45.8 Å². The van der Waals surface area contributed by atoms with E-state index in [1.807, 2.05) is 23.4 Å². The number of morpholine rings is 1. The first-order valence-electron chi connectivity index (χ1n) is 8.57. The van der Waals surface area contributed by atoms with Crippen LogP contribution in [-0.4, -0.2) is 57.9 Å². The van der Waals surface area contributed by atoms with E-state index < -0.39 is 0 Å². The fraction of sp³-hybridized carbons (Fsp3) is 0.812. The summed E-state index contributed by atoms with van der Waals surface area (Å²) < 4.78 is 7.70. The molecule has 0 radical (unpaired) electrons. The van der Waals surface area contributed by atoms with E-state index >= 15 is 0 Å². The second kappa shape index (κ2) is 9.71. The van der Waals surface area contributed by atoms with Crippen LogP contribution in [0.1, 0.15) is 30.9 Å². The highest BCUT2D eigenvalue weighted by Crippen LogP contribution is 2.32. The average Bonchev–Trinajstić information content (AvgIpc) is 3.13. The molecule has 3 atom stereocenters. The molecule has 2 fully saturated rings. The van der Waals surface area contributed by atoms with Gasteiger partial charge < -0.3 is 15.4 Å². The molecule has 2 aliphatic rings. The van der Waals surface area contributed by atoms with Crippen molar-refractivity contribution in [2.75, 3.05) is 26.2 Å². The van der Waals surface area contributed by atoms with Crippen molar-refractivity contribution in [3.63, 3.8) is 0 Å². The normalized spacial score (nSPS) is 26.0. The van der Waals surface area contributed by atoms with Gasteiger partial charge in [-0.1, -0.05) is 6.42 Å². The second-order valence-corrected chi connectivity index (χ2v) is 6.70. The molecule has 1 saturated carbocycles. The molecule has 1 saturated heterocycles. The van der Waals surface area contributed by atoms with Crippen molar-refractivity contribution in [1.29, 1.82) is 0 Å². The molecule has 0 spiro atoms. The number of hydrogen-bond donors (Lipinski definition) is 1. The van der Waals surface area contributed by atoms with Gasteiger partial charge in [0.2, 0.25) is 5.91 Å². The molecule has 0 aromatic carbocycles. The standard InChI is InChI=1S/C16H27N5O2.2ClH/c1-11-18-12(2)21(19-11)10-14-9-20(6-7-23-14)16(22)15-5-3-4-13(15)8-17;;/h13-15H,3-10,17H2,1-2H3;2*1H/t13-,14?,15-;;/m1../s1. The lowest BCUT2D eigenvalue weighted by Crippen LogP contribution is -2.50. The van der Waals surface area contributed by atoms with Crippen LogP contribution < -0.4 is 5.73 Å². The van der Waals surface area contributed by atoms with Gasteiger partial charge in [-0.2, -0.15) is 5.10 Å². The number of nitrogens with zero attached hydrogens (tertiary/aromatic N) is 4. The van der Waals surface area contributed by atoms with Crippen LogP contribution in [0.4, 0.5) is 0 Å². The van der Waals surface area contributed by atoms with Gasteiger partial charge in [0, 0.05) is 19.0 Å². The number of nitrogens with two attached hydrogens (primary N) is 1. The minimum Gasteiger partial charge on any atom is -0.373 e. The molecular weight excluding hydrogens is 365 g/mol. The molecule has 7 nitrogen and oxygen atoms in total. The molecule has 3 rings (SSSR count). The van der Waals surface area contributed by atoms with E-state index in [0.29, 0.717) is 38.7 Å². The maximum absolute atomic E-state index is 12.8. The zero-order chi connectivity index (χ0) is 16.4. The van der Waals surface area contributed by atoms with Crippen molar-refractivity contribution in [3.05, 3.63) is 11.6 Å². The number of aryl methyl sites for hydroxylation is 2. The Morgan fingerprint density at radius 1 is 1.32 bits per heavy atom. The zero-order valence-electron chi connectivity index (χ0n) is 14.9. The maximum atomic E-state index is 12.8. The Kier molecular flexibility index (Phi) is 8.60. The molecule has 1 unspecified atom stereocenters. The summed E-state index contributed by atoms with van der Waals surface area (Å²) >= 11 is 0. The summed E-state index contributed by atoms with van der Waals surface area (Å²) in [6.07, 6.45) is 3.15. The Hall–Kier alpha value is -0.890. The van der Waals surface area contributed by atoms with Crippen molar-refractivity contribution < 1.29 is 9.53 Å². The number of rotatable bonds is 4. The molecular formula is C16H29Cl2N5O2. The third-order valence-corrected chi connectivity index (χ3v) is 5.07. The Morgan fingerprint density at radius 3 is 2.72 bits per heavy atom. The van der Waals surface area contributed by atoms with Crippen molar-refractivity contribution in [2.24, 2.45) is 17.6 Å². The van der Waals surface area contributed by atoms with E-state index in [2.05, 4.69) is 10.1 Å². The summed E-state index contributed by atoms with van der Waals surface area (Å²) in [5.41, 5.74) is 5.83. The van der Waals surface area contributed by atoms with Crippen LogP contribution in [0.5, 0.6) is 0 Å². The highest BCUT2D eigenvalue weighted by Gasteiger charge is 2.36. The van der Waals surface area contributed by atoms with E-state index in [4.69, 9.17) is 10.5 Å². The monoisotopic (exact) mass is 393 g/mol. The highest BCUT2D eigenvalue weighted by molar-refractivity contribution is 5.85. The molecule has 1 aromatic heterocycles. The van der Waals surface area contributed by atoms with Crippen molar-refractivity contribution >= 4 is 30.7 Å². The summed E-state index contributed by atoms with van der Waals surface area (Å²) in [6.45, 7) is 6.97. The molecule has 2 heterocycles. The Bertz CT molecular complexity index is 569. The van der Waals surface area contributed by atoms with Gasteiger partial charge in [0.1, 0.15) is 11.6 Å². The van der Waals surface area contributed by atoms with E-state index in [-0.39, 0.29) is 42.7 Å². The fourth-order valence-corrected chi connectivity index (χ4v) is 3.84. The second-order valence-electron chi connectivity index (χ2n) is 6.70. The lowest BCUT2D eigenvalue weighted by Gasteiger charge is -2.35. The van der Waals surface area contributed by atoms with Gasteiger partial charge in [0.15, 0.2) is 0 Å². The fourth-order valence-electron chi connectivity index (χ4n) is 3.84. The molecule has 25 heavy (non-hydrogen) atoms. The maximum Gasteiger partial charge on any atom is 0.226 e. The topological polar surface area (TPSA) is 86.3 Å². The number of ether oxygens (including phenoxy) is 1. The minimum absolute atomic E-state index is 0. The first-order valence-corrected chi connectivity index (χ1v) is 8.57. The number of amides is 1. The first kappa shape index (κ1) is 22.2. The lowest BCUT2D eigenvalue weighted by atomic mass is 9.94. The first-order chi connectivity index (χ1) is 11.1. The van der Waals surface area contributed by atoms with Gasteiger partial charge in [-0.25, -0.2) is 9.67 Å². The SMILES string of the molecule is Cc1nc(C)n(CC2CN(C(=O)[C@@H]3CCC[C@@H]3CN)CCO2)n1.Cl.Cl. The van der Waals surface area contributed by atoms with Gasteiger partial charge in [-0.05, 0) is 39.2 Å². The summed E-state index contributed by atoms with van der Waals surface area (Å²) in [7, 11) is 0. The third-order valence-electron chi connectivity index (χ3n) is 5.07. The van der Waals surface area contributed by atoms with E-state index in [9.17, 15) is 4.79 Å². The van der Waals surface area contributed by atoms with Gasteiger partial charge in [-0.15, -0.1) is 24.8 Å². The van der Waals surface area contributed by atoms with Crippen LogP contribution in [0.2, 0.25) is 0 Å². The molecule has 1 aliphatic carbocycles. The smallest absolute Gasteiger partial charge is 0.226 e. The number of hydrogen-bond acceptors (Lipinski definition) is 5. The molecule has 144 valence electrons. The summed E-state index contributed by atoms with van der Waals surface area (Å²) in [5.74, 6) is 2.37. The van der Waals surface area contributed by atoms with Crippen LogP contribution >= 0.6 is 24.8 Å². The Labute approximate surface area is 161 Å². The Morgan fingerprint density at radius 2 is 2.08 bits per heavy atom. The summed E-state index contributed by atoms with van der Waals surface area (Å²) in [4.78, 5) is 19.1. The van der Waals surface area contributed by atoms with Crippen LogP contribution in [0.15, 0.2) is 0 Å². The Balaban J connectivity index is 0.00000156. The van der Waals surface area contributed by atoms with Gasteiger partial charge in [0.05, 0.1) is 19.3 Å². The number of aromatic nitrogens is 3. The predicted octanol–water partition coefficient (Wildman–Crippen LogP) is 1.34. The largest absolute Gasteiger partial charge is 0.373 e. The number of carbonyl (C=O) groups excluding carboxylic acids is 1. The molecule has 1 amide bonds. The molecule has 1 aromatic rings. The summed E-state index contributed by atoms with van der Waals surface area (Å²) in [5, 5.41) is 4.38. The van der Waals surface area contributed by atoms with E-state index in [0.717, 1.165) is 30.9 Å². The number of carbonyl (C=O) groups is 1. The third kappa shape index (κ3) is 5.06. The average molecular weight is 394 g/mol. The van der Waals surface area contributed by atoms with Crippen LogP contribution in [-0.2, 0) is 16.1 Å². The van der Waals surface area contributed by atoms with Crippen LogP contribution in [0.25, 0.3) is 0 Å². The van der Waals surface area contributed by atoms with Gasteiger partial charge >= 0.3 is 0 Å². The predicted molar refractivity (Wildman–Crippen MR) is 100 cm³/mol. The minimum atomic E-state index is -0.0229. The van der Waals surface area contributed by atoms with E-state index in [1.54, 1.807) is 0 Å².